The predicted octanol–water partition coefficient (Wildman–Crippen LogP) is 5.14. The average molecular weight is 537 g/mol. The third kappa shape index (κ3) is 5.11. The van der Waals surface area contributed by atoms with Gasteiger partial charge >= 0.3 is 6.18 Å². The van der Waals surface area contributed by atoms with Crippen molar-refractivity contribution in [1.82, 2.24) is 9.97 Å². The smallest absolute Gasteiger partial charge is 0.416 e. The van der Waals surface area contributed by atoms with Gasteiger partial charge in [-0.25, -0.2) is 9.97 Å². The number of nitrogens with two attached hydrogens (primary N) is 1. The fourth-order valence-corrected chi connectivity index (χ4v) is 5.76. The zero-order valence-electron chi connectivity index (χ0n) is 21.8. The van der Waals surface area contributed by atoms with E-state index in [1.54, 1.807) is 6.20 Å². The van der Waals surface area contributed by atoms with E-state index in [0.717, 1.165) is 61.6 Å². The van der Waals surface area contributed by atoms with Crippen LogP contribution in [0.5, 0.6) is 5.88 Å². The number of hydrogen-bond donors (Lipinski definition) is 1. The maximum absolute atomic E-state index is 13.2. The minimum absolute atomic E-state index is 0.0463. The summed E-state index contributed by atoms with van der Waals surface area (Å²) in [6.45, 7) is 5.85. The number of alkyl halides is 3. The Kier molecular flexibility index (Phi) is 7.36. The van der Waals surface area contributed by atoms with E-state index in [9.17, 15) is 18.4 Å². The topological polar surface area (TPSA) is 91.3 Å². The quantitative estimate of drug-likeness (QED) is 0.447. The number of piperidine rings is 1. The summed E-state index contributed by atoms with van der Waals surface area (Å²) in [5.41, 5.74) is 8.30. The fourth-order valence-electron chi connectivity index (χ4n) is 5.76. The summed E-state index contributed by atoms with van der Waals surface area (Å²) in [7, 11) is 0. The molecule has 10 heteroatoms. The molecule has 0 atom stereocenters. The number of nitrogens with zero attached hydrogens (tertiary/aromatic N) is 5. The van der Waals surface area contributed by atoms with Crippen LogP contribution >= 0.6 is 0 Å². The number of rotatable bonds is 7. The summed E-state index contributed by atoms with van der Waals surface area (Å²) >= 11 is 0. The van der Waals surface area contributed by atoms with E-state index < -0.39 is 11.7 Å². The number of halogens is 3. The Labute approximate surface area is 226 Å². The SMILES string of the molecule is CCOc1ncccc1-c1ccc2c(n1)N(CCCN)CC21CCN(c2ccc(C(F)(F)F)cc2C#N)CC1. The van der Waals surface area contributed by atoms with Crippen LogP contribution < -0.4 is 20.3 Å². The number of ether oxygens (including phenoxy) is 1. The van der Waals surface area contributed by atoms with E-state index in [2.05, 4.69) is 16.0 Å². The number of aromatic nitrogens is 2. The highest BCUT2D eigenvalue weighted by Gasteiger charge is 2.46. The summed E-state index contributed by atoms with van der Waals surface area (Å²) in [6, 6.07) is 13.4. The molecule has 1 fully saturated rings. The molecule has 0 amide bonds. The van der Waals surface area contributed by atoms with Crippen LogP contribution in [0.25, 0.3) is 11.3 Å². The first-order valence-corrected chi connectivity index (χ1v) is 13.2. The zero-order valence-corrected chi connectivity index (χ0v) is 21.8. The molecule has 39 heavy (non-hydrogen) atoms. The van der Waals surface area contributed by atoms with Crippen LogP contribution in [0, 0.1) is 11.3 Å². The van der Waals surface area contributed by atoms with Crippen LogP contribution in [0.1, 0.15) is 42.9 Å². The maximum Gasteiger partial charge on any atom is 0.416 e. The van der Waals surface area contributed by atoms with Gasteiger partial charge in [-0.05, 0) is 69.1 Å². The summed E-state index contributed by atoms with van der Waals surface area (Å²) in [4.78, 5) is 13.8. The van der Waals surface area contributed by atoms with E-state index in [4.69, 9.17) is 15.5 Å². The molecule has 2 N–H and O–H groups in total. The molecule has 1 aromatic carbocycles. The van der Waals surface area contributed by atoms with E-state index >= 15 is 0 Å². The van der Waals surface area contributed by atoms with Crippen LogP contribution in [0.4, 0.5) is 24.7 Å². The molecule has 0 unspecified atom stereocenters. The molecule has 7 nitrogen and oxygen atoms in total. The second-order valence-electron chi connectivity index (χ2n) is 10.0. The molecule has 3 aromatic rings. The number of pyridine rings is 2. The van der Waals surface area contributed by atoms with Crippen LogP contribution in [-0.2, 0) is 11.6 Å². The van der Waals surface area contributed by atoms with Crippen molar-refractivity contribution in [2.24, 2.45) is 5.73 Å². The highest BCUT2D eigenvalue weighted by atomic mass is 19.4. The molecule has 4 heterocycles. The lowest BCUT2D eigenvalue weighted by Gasteiger charge is -2.41. The van der Waals surface area contributed by atoms with Crippen molar-refractivity contribution >= 4 is 11.5 Å². The molecule has 2 aliphatic rings. The lowest BCUT2D eigenvalue weighted by atomic mass is 9.74. The van der Waals surface area contributed by atoms with Gasteiger partial charge in [0.15, 0.2) is 0 Å². The lowest BCUT2D eigenvalue weighted by Crippen LogP contribution is -2.45. The van der Waals surface area contributed by atoms with Crippen molar-refractivity contribution < 1.29 is 17.9 Å². The molecule has 2 aromatic heterocycles. The molecule has 5 rings (SSSR count). The molecular weight excluding hydrogens is 505 g/mol. The maximum atomic E-state index is 13.2. The Morgan fingerprint density at radius 3 is 2.64 bits per heavy atom. The van der Waals surface area contributed by atoms with Gasteiger partial charge in [0.1, 0.15) is 11.9 Å². The van der Waals surface area contributed by atoms with Gasteiger partial charge in [0, 0.05) is 43.4 Å². The number of hydrogen-bond acceptors (Lipinski definition) is 7. The Morgan fingerprint density at radius 1 is 1.15 bits per heavy atom. The van der Waals surface area contributed by atoms with Crippen molar-refractivity contribution in [3.8, 4) is 23.2 Å². The first-order valence-electron chi connectivity index (χ1n) is 13.2. The second kappa shape index (κ2) is 10.7. The third-order valence-electron chi connectivity index (χ3n) is 7.71. The van der Waals surface area contributed by atoms with E-state index in [0.29, 0.717) is 37.8 Å². The molecule has 0 bridgehead atoms. The van der Waals surface area contributed by atoms with Gasteiger partial charge in [-0.15, -0.1) is 0 Å². The minimum Gasteiger partial charge on any atom is -0.477 e. The van der Waals surface area contributed by atoms with Crippen LogP contribution in [0.2, 0.25) is 0 Å². The molecule has 2 aliphatic heterocycles. The van der Waals surface area contributed by atoms with Crippen LogP contribution in [-0.4, -0.2) is 49.3 Å². The molecule has 1 spiro atoms. The highest BCUT2D eigenvalue weighted by molar-refractivity contribution is 5.70. The van der Waals surface area contributed by atoms with Crippen LogP contribution in [0.3, 0.4) is 0 Å². The van der Waals surface area contributed by atoms with Gasteiger partial charge in [-0.1, -0.05) is 6.07 Å². The monoisotopic (exact) mass is 536 g/mol. The zero-order chi connectivity index (χ0) is 27.6. The van der Waals surface area contributed by atoms with Gasteiger partial charge in [-0.3, -0.25) is 0 Å². The van der Waals surface area contributed by atoms with Gasteiger partial charge in [0.2, 0.25) is 5.88 Å². The first-order chi connectivity index (χ1) is 18.8. The average Bonchev–Trinajstić information content (AvgIpc) is 3.24. The number of anilines is 2. The molecule has 0 radical (unpaired) electrons. The van der Waals surface area contributed by atoms with Crippen molar-refractivity contribution in [1.29, 1.82) is 5.26 Å². The summed E-state index contributed by atoms with van der Waals surface area (Å²) < 4.78 is 45.3. The van der Waals surface area contributed by atoms with Gasteiger partial charge in [0.25, 0.3) is 0 Å². The van der Waals surface area contributed by atoms with Crippen molar-refractivity contribution in [3.05, 3.63) is 65.4 Å². The van der Waals surface area contributed by atoms with Crippen molar-refractivity contribution in [2.45, 2.75) is 37.8 Å². The second-order valence-corrected chi connectivity index (χ2v) is 10.0. The van der Waals surface area contributed by atoms with Gasteiger partial charge < -0.3 is 20.3 Å². The van der Waals surface area contributed by atoms with Crippen molar-refractivity contribution in [2.75, 3.05) is 49.1 Å². The first kappa shape index (κ1) is 26.8. The molecule has 0 aliphatic carbocycles. The largest absolute Gasteiger partial charge is 0.477 e. The van der Waals surface area contributed by atoms with E-state index in [1.165, 1.54) is 11.6 Å². The number of nitriles is 1. The summed E-state index contributed by atoms with van der Waals surface area (Å²) in [5.74, 6) is 1.49. The Hall–Kier alpha value is -3.84. The molecule has 1 saturated heterocycles. The summed E-state index contributed by atoms with van der Waals surface area (Å²) in [6.07, 6.45) is -0.359. The Morgan fingerprint density at radius 2 is 1.95 bits per heavy atom. The van der Waals surface area contributed by atoms with Gasteiger partial charge in [-0.2, -0.15) is 18.4 Å². The van der Waals surface area contributed by atoms with E-state index in [1.807, 2.05) is 36.1 Å². The molecule has 204 valence electrons. The normalized spacial score (nSPS) is 16.3. The molecule has 0 saturated carbocycles. The standard InChI is InChI=1S/C29H31F3N6O/c1-2-39-27-22(5-3-13-35-27)24-8-7-23-26(36-24)38(14-4-12-33)19-28(23)10-15-37(16-11-28)25-9-6-21(29(30,31)32)17-20(25)18-34/h3,5-9,13,17H,2,4,10-12,14-16,19,33H2,1H3. The van der Waals surface area contributed by atoms with Gasteiger partial charge in [0.05, 0.1) is 34.7 Å². The van der Waals surface area contributed by atoms with E-state index in [-0.39, 0.29) is 11.0 Å². The van der Waals surface area contributed by atoms with Crippen molar-refractivity contribution in [3.63, 3.8) is 0 Å². The summed E-state index contributed by atoms with van der Waals surface area (Å²) in [5, 5.41) is 9.58. The molecular formula is C29H31F3N6O. The fraction of sp³-hybridized carbons (Fsp3) is 0.414. The highest BCUT2D eigenvalue weighted by Crippen LogP contribution is 2.48. The third-order valence-corrected chi connectivity index (χ3v) is 7.71. The Balaban J connectivity index is 1.44. The number of benzene rings is 1. The van der Waals surface area contributed by atoms with Crippen LogP contribution in [0.15, 0.2) is 48.7 Å². The number of fused-ring (bicyclic) bond motifs is 2. The lowest BCUT2D eigenvalue weighted by molar-refractivity contribution is -0.137. The minimum atomic E-state index is -4.48. The predicted molar refractivity (Wildman–Crippen MR) is 144 cm³/mol. The Bertz CT molecular complexity index is 1380.